The van der Waals surface area contributed by atoms with Gasteiger partial charge in [0.15, 0.2) is 0 Å². The van der Waals surface area contributed by atoms with E-state index in [1.165, 1.54) is 9.80 Å². The normalized spacial score (nSPS) is 10.9. The van der Waals surface area contributed by atoms with Crippen LogP contribution in [-0.2, 0) is 4.74 Å². The molecule has 6 heteroatoms. The lowest BCUT2D eigenvalue weighted by atomic mass is 10.2. The third-order valence-electron chi connectivity index (χ3n) is 2.06. The van der Waals surface area contributed by atoms with Crippen LogP contribution >= 0.6 is 0 Å². The van der Waals surface area contributed by atoms with Crippen molar-refractivity contribution in [1.82, 2.24) is 9.80 Å². The Bertz CT molecular complexity index is 273. The maximum Gasteiger partial charge on any atom is 0.410 e. The molecule has 0 heterocycles. The summed E-state index contributed by atoms with van der Waals surface area (Å²) in [5, 5.41) is 8.80. The molecule has 0 saturated carbocycles. The maximum absolute atomic E-state index is 11.6. The van der Waals surface area contributed by atoms with Crippen LogP contribution in [0.5, 0.6) is 0 Å². The Kier molecular flexibility index (Phi) is 5.78. The standard InChI is InChI=1S/C11H22N2O4/c1-6-13(9(14)15)8-7-12(5)10(16)17-11(2,3)4/h6-8H2,1-5H3,(H,14,15). The minimum absolute atomic E-state index is 0.279. The van der Waals surface area contributed by atoms with E-state index < -0.39 is 17.8 Å². The van der Waals surface area contributed by atoms with Gasteiger partial charge in [-0.1, -0.05) is 0 Å². The molecule has 1 N–H and O–H groups in total. The summed E-state index contributed by atoms with van der Waals surface area (Å²) in [5.74, 6) is 0. The first-order valence-electron chi connectivity index (χ1n) is 5.59. The molecule has 100 valence electrons. The largest absolute Gasteiger partial charge is 0.465 e. The fourth-order valence-corrected chi connectivity index (χ4v) is 1.09. The van der Waals surface area contributed by atoms with Crippen molar-refractivity contribution >= 4 is 12.2 Å². The minimum atomic E-state index is -0.981. The average molecular weight is 246 g/mol. The summed E-state index contributed by atoms with van der Waals surface area (Å²) < 4.78 is 5.15. The quantitative estimate of drug-likeness (QED) is 0.821. The lowest BCUT2D eigenvalue weighted by molar-refractivity contribution is 0.0283. The number of likely N-dealkylation sites (N-methyl/N-ethyl adjacent to an activating group) is 2. The molecule has 0 aromatic carbocycles. The Balaban J connectivity index is 4.13. The molecule has 0 aromatic rings. The van der Waals surface area contributed by atoms with Gasteiger partial charge in [-0.05, 0) is 27.7 Å². The first-order valence-corrected chi connectivity index (χ1v) is 5.59. The number of carboxylic acid groups (broad SMARTS) is 1. The molecule has 0 rings (SSSR count). The molecule has 0 bridgehead atoms. The number of carbonyl (C=O) groups is 2. The minimum Gasteiger partial charge on any atom is -0.465 e. The van der Waals surface area contributed by atoms with Gasteiger partial charge >= 0.3 is 12.2 Å². The van der Waals surface area contributed by atoms with Gasteiger partial charge in [0, 0.05) is 26.7 Å². The zero-order valence-corrected chi connectivity index (χ0v) is 11.2. The summed E-state index contributed by atoms with van der Waals surface area (Å²) in [6.07, 6.45) is -1.43. The van der Waals surface area contributed by atoms with E-state index in [1.807, 2.05) is 0 Å². The zero-order chi connectivity index (χ0) is 13.6. The van der Waals surface area contributed by atoms with Gasteiger partial charge in [-0.15, -0.1) is 0 Å². The van der Waals surface area contributed by atoms with Crippen LogP contribution in [0.15, 0.2) is 0 Å². The number of hydrogen-bond acceptors (Lipinski definition) is 3. The molecule has 0 aliphatic carbocycles. The SMILES string of the molecule is CCN(CCN(C)C(=O)OC(C)(C)C)C(=O)O. The summed E-state index contributed by atoms with van der Waals surface area (Å²) in [6.45, 7) is 8.10. The highest BCUT2D eigenvalue weighted by Gasteiger charge is 2.20. The van der Waals surface area contributed by atoms with Gasteiger partial charge in [0.05, 0.1) is 0 Å². The van der Waals surface area contributed by atoms with Crippen LogP contribution in [0.1, 0.15) is 27.7 Å². The van der Waals surface area contributed by atoms with Crippen molar-refractivity contribution in [2.45, 2.75) is 33.3 Å². The van der Waals surface area contributed by atoms with Crippen molar-refractivity contribution < 1.29 is 19.4 Å². The van der Waals surface area contributed by atoms with Gasteiger partial charge in [0.1, 0.15) is 5.60 Å². The van der Waals surface area contributed by atoms with Gasteiger partial charge in [0.25, 0.3) is 0 Å². The second-order valence-corrected chi connectivity index (χ2v) is 4.76. The van der Waals surface area contributed by atoms with Crippen molar-refractivity contribution in [1.29, 1.82) is 0 Å². The van der Waals surface area contributed by atoms with Gasteiger partial charge in [-0.2, -0.15) is 0 Å². The molecule has 6 nitrogen and oxygen atoms in total. The van der Waals surface area contributed by atoms with E-state index >= 15 is 0 Å². The van der Waals surface area contributed by atoms with Crippen molar-refractivity contribution in [3.63, 3.8) is 0 Å². The number of ether oxygens (including phenoxy) is 1. The molecule has 0 aromatic heterocycles. The summed E-state index contributed by atoms with van der Waals surface area (Å²) >= 11 is 0. The topological polar surface area (TPSA) is 70.1 Å². The molecule has 0 atom stereocenters. The highest BCUT2D eigenvalue weighted by Crippen LogP contribution is 2.08. The Morgan fingerprint density at radius 1 is 1.24 bits per heavy atom. The third-order valence-corrected chi connectivity index (χ3v) is 2.06. The number of hydrogen-bond donors (Lipinski definition) is 1. The maximum atomic E-state index is 11.6. The van der Waals surface area contributed by atoms with E-state index in [0.29, 0.717) is 13.1 Å². The van der Waals surface area contributed by atoms with Crippen LogP contribution in [0.4, 0.5) is 9.59 Å². The molecule has 0 spiro atoms. The molecule has 0 unspecified atom stereocenters. The lowest BCUT2D eigenvalue weighted by Gasteiger charge is -2.26. The van der Waals surface area contributed by atoms with Gasteiger partial charge < -0.3 is 19.6 Å². The van der Waals surface area contributed by atoms with Crippen LogP contribution in [0.3, 0.4) is 0 Å². The Morgan fingerprint density at radius 2 is 1.76 bits per heavy atom. The fourth-order valence-electron chi connectivity index (χ4n) is 1.09. The average Bonchev–Trinajstić information content (AvgIpc) is 2.15. The predicted molar refractivity (Wildman–Crippen MR) is 64.1 cm³/mol. The first-order chi connectivity index (χ1) is 7.67. The number of nitrogens with zero attached hydrogens (tertiary/aromatic N) is 2. The second-order valence-electron chi connectivity index (χ2n) is 4.76. The molecule has 0 fully saturated rings. The molecule has 0 aliphatic heterocycles. The fraction of sp³-hybridized carbons (Fsp3) is 0.818. The molecule has 2 amide bonds. The molecule has 0 saturated heterocycles. The van der Waals surface area contributed by atoms with Crippen molar-refractivity contribution in [2.75, 3.05) is 26.7 Å². The predicted octanol–water partition coefficient (Wildman–Crippen LogP) is 1.85. The summed E-state index contributed by atoms with van der Waals surface area (Å²) in [4.78, 5) is 24.9. The van der Waals surface area contributed by atoms with E-state index in [-0.39, 0.29) is 6.54 Å². The van der Waals surface area contributed by atoms with E-state index in [2.05, 4.69) is 0 Å². The summed E-state index contributed by atoms with van der Waals surface area (Å²) in [6, 6.07) is 0. The molecule has 17 heavy (non-hydrogen) atoms. The van der Waals surface area contributed by atoms with Crippen molar-refractivity contribution in [2.24, 2.45) is 0 Å². The Labute approximate surface area is 102 Å². The van der Waals surface area contributed by atoms with Gasteiger partial charge in [-0.3, -0.25) is 0 Å². The monoisotopic (exact) mass is 246 g/mol. The smallest absolute Gasteiger partial charge is 0.410 e. The zero-order valence-electron chi connectivity index (χ0n) is 11.2. The molecular weight excluding hydrogens is 224 g/mol. The number of rotatable bonds is 4. The van der Waals surface area contributed by atoms with Crippen LogP contribution in [-0.4, -0.2) is 59.4 Å². The number of carbonyl (C=O) groups excluding carboxylic acids is 1. The Morgan fingerprint density at radius 3 is 2.12 bits per heavy atom. The van der Waals surface area contributed by atoms with E-state index in [9.17, 15) is 9.59 Å². The van der Waals surface area contributed by atoms with E-state index in [4.69, 9.17) is 9.84 Å². The van der Waals surface area contributed by atoms with Crippen LogP contribution in [0.25, 0.3) is 0 Å². The van der Waals surface area contributed by atoms with E-state index in [0.717, 1.165) is 0 Å². The van der Waals surface area contributed by atoms with Crippen molar-refractivity contribution in [3.8, 4) is 0 Å². The highest BCUT2D eigenvalue weighted by atomic mass is 16.6. The van der Waals surface area contributed by atoms with Crippen LogP contribution in [0, 0.1) is 0 Å². The van der Waals surface area contributed by atoms with Gasteiger partial charge in [-0.25, -0.2) is 9.59 Å². The van der Waals surface area contributed by atoms with Gasteiger partial charge in [0.2, 0.25) is 0 Å². The summed E-state index contributed by atoms with van der Waals surface area (Å²) in [5.41, 5.74) is -0.539. The van der Waals surface area contributed by atoms with Crippen LogP contribution < -0.4 is 0 Å². The summed E-state index contributed by atoms with van der Waals surface area (Å²) in [7, 11) is 1.59. The first kappa shape index (κ1) is 15.5. The Hall–Kier alpha value is -1.46. The molecule has 0 aliphatic rings. The van der Waals surface area contributed by atoms with E-state index in [1.54, 1.807) is 34.7 Å². The van der Waals surface area contributed by atoms with Crippen LogP contribution in [0.2, 0.25) is 0 Å². The number of amides is 2. The van der Waals surface area contributed by atoms with Crippen molar-refractivity contribution in [3.05, 3.63) is 0 Å². The molecular formula is C11H22N2O4. The third kappa shape index (κ3) is 6.65. The second kappa shape index (κ2) is 6.32. The molecule has 0 radical (unpaired) electrons. The lowest BCUT2D eigenvalue weighted by Crippen LogP contribution is -2.40. The highest BCUT2D eigenvalue weighted by molar-refractivity contribution is 5.68.